The molecule has 82 valence electrons. The average molecular weight is 203 g/mol. The van der Waals surface area contributed by atoms with Gasteiger partial charge in [0.05, 0.1) is 6.20 Å². The van der Waals surface area contributed by atoms with E-state index in [1.165, 1.54) is 13.0 Å². The van der Waals surface area contributed by atoms with Crippen LogP contribution >= 0.6 is 0 Å². The maximum absolute atomic E-state index is 11.0. The van der Waals surface area contributed by atoms with Gasteiger partial charge >= 0.3 is 6.09 Å². The Hall–Kier alpha value is -1.36. The number of carbonyl (C=O) groups excluding carboxylic acids is 2. The molecule has 0 rings (SSSR count). The van der Waals surface area contributed by atoms with Crippen molar-refractivity contribution in [1.29, 1.82) is 0 Å². The van der Waals surface area contributed by atoms with Gasteiger partial charge in [-0.15, -0.1) is 0 Å². The van der Waals surface area contributed by atoms with Crippen molar-refractivity contribution < 1.29 is 14.3 Å². The number of hydrogen-bond donors (Lipinski definition) is 2. The van der Waals surface area contributed by atoms with E-state index in [-0.39, 0.29) is 0 Å². The summed E-state index contributed by atoms with van der Waals surface area (Å²) in [5.41, 5.74) is -0.540. The molecule has 0 bridgehead atoms. The molecule has 0 aliphatic heterocycles. The Morgan fingerprint density at radius 1 is 1.43 bits per heavy atom. The summed E-state index contributed by atoms with van der Waals surface area (Å²) in [5, 5.41) is 0. The molecular formula is C8H17N3O3. The molecule has 0 saturated carbocycles. The fraction of sp³-hybridized carbons (Fsp3) is 0.625. The average Bonchev–Trinajstić information content (AvgIpc) is 2.05. The van der Waals surface area contributed by atoms with Crippen molar-refractivity contribution >= 4 is 12.0 Å². The number of ether oxygens (including phenoxy) is 1. The molecule has 0 saturated heterocycles. The van der Waals surface area contributed by atoms with E-state index in [9.17, 15) is 9.59 Å². The van der Waals surface area contributed by atoms with Crippen LogP contribution in [0.4, 0.5) is 4.79 Å². The Balaban J connectivity index is 0. The molecule has 0 heterocycles. The minimum absolute atomic E-state index is 0.540. The first-order valence-electron chi connectivity index (χ1n) is 3.87. The lowest BCUT2D eigenvalue weighted by Gasteiger charge is -2.21. The Bertz CT molecular complexity index is 216. The van der Waals surface area contributed by atoms with E-state index in [0.29, 0.717) is 0 Å². The molecule has 0 aromatic carbocycles. The molecule has 0 atom stereocenters. The smallest absolute Gasteiger partial charge is 0.414 e. The molecule has 0 aliphatic carbocycles. The van der Waals surface area contributed by atoms with Crippen molar-refractivity contribution in [2.75, 3.05) is 7.05 Å². The quantitative estimate of drug-likeness (QED) is 0.355. The predicted molar refractivity (Wildman–Crippen MR) is 52.6 cm³/mol. The van der Waals surface area contributed by atoms with E-state index in [4.69, 9.17) is 4.74 Å². The van der Waals surface area contributed by atoms with Crippen LogP contribution in [0.5, 0.6) is 0 Å². The number of nitrogens with two attached hydrogens (primary N) is 2. The zero-order valence-corrected chi connectivity index (χ0v) is 8.90. The van der Waals surface area contributed by atoms with Gasteiger partial charge in [0.15, 0.2) is 0 Å². The van der Waals surface area contributed by atoms with Gasteiger partial charge in [-0.1, -0.05) is 0 Å². The highest BCUT2D eigenvalue weighted by atomic mass is 16.6. The van der Waals surface area contributed by atoms with Gasteiger partial charge in [-0.3, -0.25) is 16.6 Å². The van der Waals surface area contributed by atoms with Crippen molar-refractivity contribution in [3.63, 3.8) is 0 Å². The van der Waals surface area contributed by atoms with E-state index >= 15 is 0 Å². The molecule has 0 spiro atoms. The minimum Gasteiger partial charge on any atom is -0.443 e. The Morgan fingerprint density at radius 3 is 2.14 bits per heavy atom. The maximum atomic E-state index is 11.0. The molecule has 0 unspecified atom stereocenters. The van der Waals surface area contributed by atoms with Crippen LogP contribution in [0.2, 0.25) is 0 Å². The van der Waals surface area contributed by atoms with Gasteiger partial charge in [0.25, 0.3) is 0 Å². The Morgan fingerprint density at radius 2 is 1.86 bits per heavy atom. The summed E-state index contributed by atoms with van der Waals surface area (Å²) in [4.78, 5) is 21.9. The number of nitrogens with zero attached hydrogens (tertiary/aromatic N) is 1. The van der Waals surface area contributed by atoms with E-state index in [1.54, 1.807) is 20.8 Å². The summed E-state index contributed by atoms with van der Waals surface area (Å²) in [6.45, 7) is 5.26. The summed E-state index contributed by atoms with van der Waals surface area (Å²) in [6, 6.07) is 0. The normalized spacial score (nSPS) is 9.00. The number of rotatable bonds is 1. The Labute approximate surface area is 83.5 Å². The van der Waals surface area contributed by atoms with Crippen molar-refractivity contribution in [2.45, 2.75) is 26.4 Å². The fourth-order valence-corrected chi connectivity index (χ4v) is 0.466. The molecule has 6 heteroatoms. The monoisotopic (exact) mass is 203 g/mol. The van der Waals surface area contributed by atoms with Gasteiger partial charge in [0, 0.05) is 7.05 Å². The molecule has 0 radical (unpaired) electrons. The molecule has 0 aliphatic rings. The van der Waals surface area contributed by atoms with Crippen LogP contribution in [-0.4, -0.2) is 29.6 Å². The highest BCUT2D eigenvalue weighted by Gasteiger charge is 2.18. The van der Waals surface area contributed by atoms with Crippen molar-refractivity contribution in [1.82, 2.24) is 4.90 Å². The standard InChI is InChI=1S/C8H13NO3.H4N2/c1-8(2,3)12-7(11)9(4)5-6-10;1-2/h5H,1-4H3;1-2H2. The van der Waals surface area contributed by atoms with Crippen molar-refractivity contribution in [2.24, 2.45) is 11.7 Å². The van der Waals surface area contributed by atoms with Gasteiger partial charge < -0.3 is 4.74 Å². The minimum atomic E-state index is -0.564. The molecule has 6 nitrogen and oxygen atoms in total. The number of amides is 1. The third-order valence-electron chi connectivity index (χ3n) is 0.928. The second kappa shape index (κ2) is 7.08. The zero-order valence-electron chi connectivity index (χ0n) is 8.90. The largest absolute Gasteiger partial charge is 0.443 e. The van der Waals surface area contributed by atoms with Crippen LogP contribution in [-0.2, 0) is 9.53 Å². The van der Waals surface area contributed by atoms with Crippen molar-refractivity contribution in [3.05, 3.63) is 6.20 Å². The molecular weight excluding hydrogens is 186 g/mol. The third-order valence-corrected chi connectivity index (χ3v) is 0.928. The van der Waals surface area contributed by atoms with Crippen LogP contribution in [0.15, 0.2) is 6.20 Å². The van der Waals surface area contributed by atoms with Crippen LogP contribution in [0.1, 0.15) is 20.8 Å². The second-order valence-corrected chi connectivity index (χ2v) is 3.34. The van der Waals surface area contributed by atoms with Crippen LogP contribution in [0, 0.1) is 0 Å². The predicted octanol–water partition coefficient (Wildman–Crippen LogP) is 0.0174. The molecule has 4 N–H and O–H groups in total. The SMILES string of the molecule is CN(C=C=O)C(=O)OC(C)(C)C.NN. The van der Waals surface area contributed by atoms with Gasteiger partial charge in [-0.25, -0.2) is 9.59 Å². The summed E-state index contributed by atoms with van der Waals surface area (Å²) in [7, 11) is 1.43. The van der Waals surface area contributed by atoms with E-state index in [0.717, 1.165) is 11.1 Å². The van der Waals surface area contributed by atoms with E-state index in [1.807, 2.05) is 0 Å². The molecule has 0 aromatic heterocycles. The summed E-state index contributed by atoms with van der Waals surface area (Å²) < 4.78 is 4.93. The van der Waals surface area contributed by atoms with Gasteiger partial charge in [-0.05, 0) is 20.8 Å². The molecule has 0 aromatic rings. The van der Waals surface area contributed by atoms with E-state index < -0.39 is 11.7 Å². The lowest BCUT2D eigenvalue weighted by atomic mass is 10.2. The van der Waals surface area contributed by atoms with E-state index in [2.05, 4.69) is 11.7 Å². The third kappa shape index (κ3) is 8.73. The maximum Gasteiger partial charge on any atom is 0.414 e. The van der Waals surface area contributed by atoms with Gasteiger partial charge in [-0.2, -0.15) is 0 Å². The van der Waals surface area contributed by atoms with Gasteiger partial charge in [0.2, 0.25) is 0 Å². The van der Waals surface area contributed by atoms with Crippen LogP contribution in [0.3, 0.4) is 0 Å². The first-order chi connectivity index (χ1) is 6.37. The number of hydrogen-bond acceptors (Lipinski definition) is 5. The second-order valence-electron chi connectivity index (χ2n) is 3.34. The molecule has 0 fully saturated rings. The number of hydrazine groups is 1. The summed E-state index contributed by atoms with van der Waals surface area (Å²) in [5.74, 6) is 9.48. The first kappa shape index (κ1) is 15.1. The van der Waals surface area contributed by atoms with Crippen LogP contribution < -0.4 is 11.7 Å². The topological polar surface area (TPSA) is 98.6 Å². The highest BCUT2D eigenvalue weighted by molar-refractivity contribution is 5.71. The number of carbonyl (C=O) groups is 1. The Kier molecular flexibility index (Phi) is 7.65. The van der Waals surface area contributed by atoms with Gasteiger partial charge in [0.1, 0.15) is 11.5 Å². The zero-order chi connectivity index (χ0) is 11.8. The lowest BCUT2D eigenvalue weighted by molar-refractivity contribution is 0.0373. The first-order valence-corrected chi connectivity index (χ1v) is 3.87. The molecule has 1 amide bonds. The van der Waals surface area contributed by atoms with Crippen molar-refractivity contribution in [3.8, 4) is 0 Å². The van der Waals surface area contributed by atoms with Crippen LogP contribution in [0.25, 0.3) is 0 Å². The highest BCUT2D eigenvalue weighted by Crippen LogP contribution is 2.08. The lowest BCUT2D eigenvalue weighted by Crippen LogP contribution is -2.31. The summed E-state index contributed by atoms with van der Waals surface area (Å²) in [6.07, 6.45) is 0.416. The molecule has 14 heavy (non-hydrogen) atoms. The summed E-state index contributed by atoms with van der Waals surface area (Å²) >= 11 is 0. The fourth-order valence-electron chi connectivity index (χ4n) is 0.466.